The predicted octanol–water partition coefficient (Wildman–Crippen LogP) is 2.90. The lowest BCUT2D eigenvalue weighted by Gasteiger charge is -2.30. The van der Waals surface area contributed by atoms with Crippen LogP contribution in [-0.2, 0) is 14.8 Å². The smallest absolute Gasteiger partial charge is 0.244 e. The van der Waals surface area contributed by atoms with Crippen LogP contribution in [0.4, 0.5) is 10.1 Å². The van der Waals surface area contributed by atoms with Gasteiger partial charge in [-0.2, -0.15) is 0 Å². The number of amides is 1. The highest BCUT2D eigenvalue weighted by Gasteiger charge is 2.32. The van der Waals surface area contributed by atoms with Gasteiger partial charge in [0.2, 0.25) is 15.9 Å². The summed E-state index contributed by atoms with van der Waals surface area (Å²) in [6, 6.07) is 1.84. The van der Waals surface area contributed by atoms with Crippen molar-refractivity contribution in [2.45, 2.75) is 44.6 Å². The third-order valence-corrected chi connectivity index (χ3v) is 5.28. The van der Waals surface area contributed by atoms with E-state index < -0.39 is 32.2 Å². The van der Waals surface area contributed by atoms with Crippen LogP contribution in [0.3, 0.4) is 0 Å². The van der Waals surface area contributed by atoms with E-state index in [-0.39, 0.29) is 35.6 Å². The van der Waals surface area contributed by atoms with Gasteiger partial charge < -0.3 is 11.1 Å². The second kappa shape index (κ2) is 9.14. The van der Waals surface area contributed by atoms with Crippen molar-refractivity contribution in [3.8, 4) is 0 Å². The molecule has 0 radical (unpaired) electrons. The average molecular weight is 416 g/mol. The zero-order valence-corrected chi connectivity index (χ0v) is 16.9. The van der Waals surface area contributed by atoms with Crippen LogP contribution in [0.1, 0.15) is 34.1 Å². The normalized spacial score (nSPS) is 13.9. The van der Waals surface area contributed by atoms with Gasteiger partial charge in [0, 0.05) is 25.1 Å². The standard InChI is InChI=1S/C15H23ClFN3O3S.ClH/c1-9(2)7-15(4,8-18)20-24(22,23)14-5-11(16)13(6-12(14)17)19-10(3)21;/h5-6,9,20H,7-8,18H2,1-4H3,(H,19,21);1H. The molecule has 0 aliphatic carbocycles. The fourth-order valence-electron chi connectivity index (χ4n) is 2.47. The van der Waals surface area contributed by atoms with Gasteiger partial charge in [-0.25, -0.2) is 17.5 Å². The number of carbonyl (C=O) groups is 1. The van der Waals surface area contributed by atoms with Crippen LogP contribution in [0.15, 0.2) is 17.0 Å². The van der Waals surface area contributed by atoms with E-state index in [2.05, 4.69) is 10.0 Å². The lowest BCUT2D eigenvalue weighted by molar-refractivity contribution is -0.114. The van der Waals surface area contributed by atoms with Crippen LogP contribution >= 0.6 is 24.0 Å². The maximum atomic E-state index is 14.3. The molecule has 1 amide bonds. The van der Waals surface area contributed by atoms with Crippen molar-refractivity contribution < 1.29 is 17.6 Å². The Bertz CT molecular complexity index is 729. The van der Waals surface area contributed by atoms with E-state index in [9.17, 15) is 17.6 Å². The molecule has 0 heterocycles. The average Bonchev–Trinajstić information content (AvgIpc) is 2.40. The summed E-state index contributed by atoms with van der Waals surface area (Å²) in [6.07, 6.45) is 0.488. The lowest BCUT2D eigenvalue weighted by Crippen LogP contribution is -2.52. The third-order valence-electron chi connectivity index (χ3n) is 3.31. The maximum Gasteiger partial charge on any atom is 0.244 e. The Kier molecular flexibility index (Phi) is 8.80. The molecule has 0 aromatic heterocycles. The van der Waals surface area contributed by atoms with Crippen molar-refractivity contribution in [3.05, 3.63) is 23.0 Å². The second-order valence-electron chi connectivity index (χ2n) is 6.41. The molecule has 0 fully saturated rings. The van der Waals surface area contributed by atoms with E-state index in [4.69, 9.17) is 17.3 Å². The summed E-state index contributed by atoms with van der Waals surface area (Å²) in [5.41, 5.74) is 4.78. The van der Waals surface area contributed by atoms with E-state index in [0.29, 0.717) is 6.42 Å². The van der Waals surface area contributed by atoms with Gasteiger partial charge >= 0.3 is 0 Å². The van der Waals surface area contributed by atoms with E-state index in [1.807, 2.05) is 13.8 Å². The van der Waals surface area contributed by atoms with Gasteiger partial charge in [-0.1, -0.05) is 25.4 Å². The van der Waals surface area contributed by atoms with Crippen molar-refractivity contribution in [2.75, 3.05) is 11.9 Å². The molecule has 1 atom stereocenters. The molecule has 10 heteroatoms. The molecule has 0 aliphatic heterocycles. The molecule has 6 nitrogen and oxygen atoms in total. The molecule has 4 N–H and O–H groups in total. The molecule has 25 heavy (non-hydrogen) atoms. The Morgan fingerprint density at radius 3 is 2.40 bits per heavy atom. The number of sulfonamides is 1. The fraction of sp³-hybridized carbons (Fsp3) is 0.533. The molecule has 1 aromatic rings. The van der Waals surface area contributed by atoms with Crippen molar-refractivity contribution in [1.82, 2.24) is 4.72 Å². The number of carbonyl (C=O) groups excluding carboxylic acids is 1. The highest BCUT2D eigenvalue weighted by Crippen LogP contribution is 2.29. The number of hydrogen-bond acceptors (Lipinski definition) is 4. The number of nitrogens with two attached hydrogens (primary N) is 1. The zero-order valence-electron chi connectivity index (χ0n) is 14.5. The molecular weight excluding hydrogens is 392 g/mol. The number of hydrogen-bond donors (Lipinski definition) is 3. The van der Waals surface area contributed by atoms with Crippen molar-refractivity contribution in [2.24, 2.45) is 11.7 Å². The summed E-state index contributed by atoms with van der Waals surface area (Å²) in [6.45, 7) is 6.82. The summed E-state index contributed by atoms with van der Waals surface area (Å²) < 4.78 is 41.8. The Labute approximate surface area is 159 Å². The molecule has 0 spiro atoms. The number of nitrogens with one attached hydrogen (secondary N) is 2. The summed E-state index contributed by atoms with van der Waals surface area (Å²) >= 11 is 5.94. The first kappa shape index (κ1) is 24.1. The quantitative estimate of drug-likeness (QED) is 0.636. The van der Waals surface area contributed by atoms with Gasteiger partial charge in [-0.3, -0.25) is 4.79 Å². The molecule has 0 saturated carbocycles. The summed E-state index contributed by atoms with van der Waals surface area (Å²) in [5, 5.41) is 2.25. The Morgan fingerprint density at radius 1 is 1.40 bits per heavy atom. The minimum Gasteiger partial charge on any atom is -0.329 e. The van der Waals surface area contributed by atoms with E-state index >= 15 is 0 Å². The highest BCUT2D eigenvalue weighted by atomic mass is 35.5. The lowest BCUT2D eigenvalue weighted by atomic mass is 9.92. The number of halogens is 3. The van der Waals surface area contributed by atoms with E-state index in [0.717, 1.165) is 12.1 Å². The molecule has 0 bridgehead atoms. The van der Waals surface area contributed by atoms with Gasteiger partial charge in [0.15, 0.2) is 0 Å². The fourth-order valence-corrected chi connectivity index (χ4v) is 4.26. The number of anilines is 1. The predicted molar refractivity (Wildman–Crippen MR) is 100 cm³/mol. The molecule has 144 valence electrons. The van der Waals surface area contributed by atoms with Gasteiger partial charge in [-0.15, -0.1) is 12.4 Å². The van der Waals surface area contributed by atoms with Crippen LogP contribution in [0.5, 0.6) is 0 Å². The molecule has 1 unspecified atom stereocenters. The minimum atomic E-state index is -4.18. The van der Waals surface area contributed by atoms with Gasteiger partial charge in [0.25, 0.3) is 0 Å². The first-order valence-corrected chi connectivity index (χ1v) is 9.27. The minimum absolute atomic E-state index is 0. The van der Waals surface area contributed by atoms with Gasteiger partial charge in [-0.05, 0) is 25.3 Å². The van der Waals surface area contributed by atoms with E-state index in [1.54, 1.807) is 6.92 Å². The van der Waals surface area contributed by atoms with Crippen LogP contribution in [-0.4, -0.2) is 26.4 Å². The maximum absolute atomic E-state index is 14.3. The number of rotatable bonds is 7. The SMILES string of the molecule is CC(=O)Nc1cc(F)c(S(=O)(=O)NC(C)(CN)CC(C)C)cc1Cl.Cl. The van der Waals surface area contributed by atoms with Crippen molar-refractivity contribution in [1.29, 1.82) is 0 Å². The van der Waals surface area contributed by atoms with Gasteiger partial charge in [0.05, 0.1) is 10.7 Å². The van der Waals surface area contributed by atoms with Crippen LogP contribution < -0.4 is 15.8 Å². The van der Waals surface area contributed by atoms with Crippen LogP contribution in [0.2, 0.25) is 5.02 Å². The first-order chi connectivity index (χ1) is 10.9. The van der Waals surface area contributed by atoms with Crippen LogP contribution in [0.25, 0.3) is 0 Å². The number of benzene rings is 1. The van der Waals surface area contributed by atoms with Crippen molar-refractivity contribution in [3.63, 3.8) is 0 Å². The first-order valence-electron chi connectivity index (χ1n) is 7.41. The van der Waals surface area contributed by atoms with Crippen molar-refractivity contribution >= 4 is 45.6 Å². The molecule has 1 rings (SSSR count). The third kappa shape index (κ3) is 6.71. The summed E-state index contributed by atoms with van der Waals surface area (Å²) in [4.78, 5) is 10.5. The summed E-state index contributed by atoms with van der Waals surface area (Å²) in [5.74, 6) is -1.27. The molecular formula is C15H24Cl2FN3O3S. The monoisotopic (exact) mass is 415 g/mol. The van der Waals surface area contributed by atoms with Crippen LogP contribution in [0, 0.1) is 11.7 Å². The Balaban J connectivity index is 0.00000576. The summed E-state index contributed by atoms with van der Waals surface area (Å²) in [7, 11) is -4.18. The second-order valence-corrected chi connectivity index (χ2v) is 8.47. The highest BCUT2D eigenvalue weighted by molar-refractivity contribution is 7.89. The Hall–Kier alpha value is -0.930. The van der Waals surface area contributed by atoms with Gasteiger partial charge in [0.1, 0.15) is 10.7 Å². The molecule has 0 aliphatic rings. The largest absolute Gasteiger partial charge is 0.329 e. The zero-order chi connectivity index (χ0) is 18.7. The Morgan fingerprint density at radius 2 is 1.96 bits per heavy atom. The topological polar surface area (TPSA) is 101 Å². The molecule has 1 aromatic carbocycles. The molecule has 0 saturated heterocycles. The van der Waals surface area contributed by atoms with E-state index in [1.165, 1.54) is 6.92 Å².